The maximum absolute atomic E-state index is 14.2. The topological polar surface area (TPSA) is 191 Å². The molecule has 59 heavy (non-hydrogen) atoms. The van der Waals surface area contributed by atoms with Gasteiger partial charge in [-0.05, 0) is 57.1 Å². The summed E-state index contributed by atoms with van der Waals surface area (Å²) in [6.45, 7) is 11.0. The standard InChI is InChI=1S/C44H57N5O9S/c1-7-27(39(50)48-44(25-29(44)8-2)41(52)49-59(54,55)33-19-20-33)22-32(26-45-40(51)38(43(3,4)5)58-42(53)46-30-16-12-13-17-30)57-37-24-35(28-14-10-9-11-15-28)47-36-23-31(56-6)18-21-34(36)37/h8-11,14-15,18,21,23-24,27,29-30,32-33,38H,2,7,12-13,16-17,19-20,22,25-26H2,1,3-6H3,(H,45,51)(H,46,53)(H,48,50)(H,49,52)/t27-,29+,32+,38?,44?/m0/s1. The molecule has 6 rings (SSSR count). The van der Waals surface area contributed by atoms with Gasteiger partial charge in [0.25, 0.3) is 11.8 Å². The molecule has 3 saturated carbocycles. The van der Waals surface area contributed by atoms with Crippen molar-refractivity contribution in [3.05, 3.63) is 67.3 Å². The number of fused-ring (bicyclic) bond motifs is 1. The van der Waals surface area contributed by atoms with Crippen molar-refractivity contribution >= 4 is 44.7 Å². The number of amides is 4. The van der Waals surface area contributed by atoms with E-state index in [2.05, 4.69) is 27.3 Å². The van der Waals surface area contributed by atoms with Gasteiger partial charge in [-0.3, -0.25) is 19.1 Å². The number of sulfonamides is 1. The van der Waals surface area contributed by atoms with Crippen LogP contribution in [0, 0.1) is 17.3 Å². The molecule has 3 aliphatic rings. The zero-order valence-electron chi connectivity index (χ0n) is 34.5. The highest BCUT2D eigenvalue weighted by molar-refractivity contribution is 7.91. The minimum atomic E-state index is -3.86. The molecule has 1 heterocycles. The molecule has 4 N–H and O–H groups in total. The lowest BCUT2D eigenvalue weighted by Crippen LogP contribution is -2.54. The lowest BCUT2D eigenvalue weighted by atomic mass is 9.88. The molecule has 0 spiro atoms. The molecule has 5 atom stereocenters. The Hall–Kier alpha value is -5.18. The highest BCUT2D eigenvalue weighted by Crippen LogP contribution is 2.45. The van der Waals surface area contributed by atoms with Gasteiger partial charge in [0.1, 0.15) is 23.1 Å². The summed E-state index contributed by atoms with van der Waals surface area (Å²) in [5.74, 6) is -1.93. The number of hydrogen-bond acceptors (Lipinski definition) is 10. The summed E-state index contributed by atoms with van der Waals surface area (Å²) in [4.78, 5) is 59.5. The van der Waals surface area contributed by atoms with Crippen LogP contribution in [0.25, 0.3) is 22.2 Å². The maximum atomic E-state index is 14.2. The number of rotatable bonds is 18. The van der Waals surface area contributed by atoms with Crippen molar-refractivity contribution in [2.45, 2.75) is 115 Å². The number of nitrogens with zero attached hydrogens (tertiary/aromatic N) is 1. The number of pyridine rings is 1. The van der Waals surface area contributed by atoms with Crippen LogP contribution in [0.4, 0.5) is 4.79 Å². The minimum absolute atomic E-state index is 0.00206. The number of aromatic nitrogens is 1. The molecule has 15 heteroatoms. The van der Waals surface area contributed by atoms with Crippen molar-refractivity contribution in [2.75, 3.05) is 13.7 Å². The molecule has 0 radical (unpaired) electrons. The molecule has 318 valence electrons. The number of carbonyl (C=O) groups is 4. The van der Waals surface area contributed by atoms with E-state index in [1.54, 1.807) is 25.3 Å². The van der Waals surface area contributed by atoms with Crippen LogP contribution in [0.5, 0.6) is 11.5 Å². The Balaban J connectivity index is 1.28. The highest BCUT2D eigenvalue weighted by atomic mass is 32.2. The summed E-state index contributed by atoms with van der Waals surface area (Å²) in [6.07, 6.45) is 4.24. The third kappa shape index (κ3) is 10.5. The molecule has 0 bridgehead atoms. The number of alkyl carbamates (subject to hydrolysis) is 1. The van der Waals surface area contributed by atoms with E-state index in [0.29, 0.717) is 47.4 Å². The average Bonchev–Trinajstić information content (AvgIpc) is 4.13. The number of carbonyl (C=O) groups excluding carboxylic acids is 4. The van der Waals surface area contributed by atoms with E-state index in [9.17, 15) is 27.6 Å². The van der Waals surface area contributed by atoms with Crippen molar-refractivity contribution in [3.63, 3.8) is 0 Å². The number of nitrogens with one attached hydrogen (secondary N) is 4. The number of methoxy groups -OCH3 is 1. The second-order valence-electron chi connectivity index (χ2n) is 17.0. The molecule has 0 aliphatic heterocycles. The average molecular weight is 832 g/mol. The normalized spacial score (nSPS) is 20.7. The maximum Gasteiger partial charge on any atom is 0.408 e. The zero-order valence-corrected chi connectivity index (χ0v) is 35.4. The summed E-state index contributed by atoms with van der Waals surface area (Å²) < 4.78 is 45.7. The van der Waals surface area contributed by atoms with Gasteiger partial charge in [-0.25, -0.2) is 18.2 Å². The van der Waals surface area contributed by atoms with Gasteiger partial charge in [-0.2, -0.15) is 0 Å². The number of benzene rings is 2. The molecule has 14 nitrogen and oxygen atoms in total. The fourth-order valence-electron chi connectivity index (χ4n) is 7.63. The fraction of sp³-hybridized carbons (Fsp3) is 0.523. The van der Waals surface area contributed by atoms with Crippen LogP contribution in [0.1, 0.15) is 85.5 Å². The predicted molar refractivity (Wildman–Crippen MR) is 224 cm³/mol. The third-order valence-corrected chi connectivity index (χ3v) is 13.3. The van der Waals surface area contributed by atoms with Gasteiger partial charge in [-0.1, -0.05) is 76.9 Å². The minimum Gasteiger partial charge on any atom is -0.497 e. The molecule has 0 saturated heterocycles. The van der Waals surface area contributed by atoms with Crippen LogP contribution in [0.3, 0.4) is 0 Å². The Morgan fingerprint density at radius 3 is 2.32 bits per heavy atom. The van der Waals surface area contributed by atoms with Crippen LogP contribution in [-0.2, 0) is 29.1 Å². The first-order valence-corrected chi connectivity index (χ1v) is 22.1. The first-order chi connectivity index (χ1) is 28.1. The van der Waals surface area contributed by atoms with Crippen LogP contribution in [0.15, 0.2) is 67.3 Å². The Labute approximate surface area is 346 Å². The lowest BCUT2D eigenvalue weighted by molar-refractivity contribution is -0.135. The zero-order chi connectivity index (χ0) is 42.5. The van der Waals surface area contributed by atoms with E-state index in [4.69, 9.17) is 19.2 Å². The summed E-state index contributed by atoms with van der Waals surface area (Å²) in [6, 6.07) is 16.8. The van der Waals surface area contributed by atoms with Crippen LogP contribution in [-0.4, -0.2) is 79.9 Å². The van der Waals surface area contributed by atoms with Gasteiger partial charge >= 0.3 is 6.09 Å². The van der Waals surface area contributed by atoms with E-state index >= 15 is 0 Å². The third-order valence-electron chi connectivity index (χ3n) is 11.4. The van der Waals surface area contributed by atoms with E-state index in [-0.39, 0.29) is 25.4 Å². The van der Waals surface area contributed by atoms with Crippen molar-refractivity contribution < 1.29 is 41.8 Å². The van der Waals surface area contributed by atoms with Gasteiger partial charge < -0.3 is 30.2 Å². The van der Waals surface area contributed by atoms with E-state index in [1.165, 1.54) is 0 Å². The van der Waals surface area contributed by atoms with Crippen molar-refractivity contribution in [1.82, 2.24) is 25.7 Å². The monoisotopic (exact) mass is 831 g/mol. The number of ether oxygens (including phenoxy) is 3. The van der Waals surface area contributed by atoms with Gasteiger partial charge in [0.15, 0.2) is 6.10 Å². The highest BCUT2D eigenvalue weighted by Gasteiger charge is 2.61. The molecular formula is C44H57N5O9S. The molecule has 4 amide bonds. The Morgan fingerprint density at radius 2 is 1.71 bits per heavy atom. The van der Waals surface area contributed by atoms with Gasteiger partial charge in [0.05, 0.1) is 30.1 Å². The van der Waals surface area contributed by atoms with Crippen LogP contribution >= 0.6 is 0 Å². The SMILES string of the molecule is C=C[C@@H]1CC1(NC(=O)[C@@H](CC)C[C@H](CNC(=O)C(OC(=O)NC1CCCC1)C(C)(C)C)Oc1cc(-c2ccccc2)nc2cc(OC)ccc12)C(=O)NS(=O)(=O)C1CC1. The first-order valence-electron chi connectivity index (χ1n) is 20.5. The van der Waals surface area contributed by atoms with Crippen molar-refractivity contribution in [1.29, 1.82) is 0 Å². The molecule has 2 unspecified atom stereocenters. The van der Waals surface area contributed by atoms with E-state index < -0.39 is 74.1 Å². The van der Waals surface area contributed by atoms with Crippen molar-refractivity contribution in [2.24, 2.45) is 17.3 Å². The van der Waals surface area contributed by atoms with E-state index in [1.807, 2.05) is 70.2 Å². The van der Waals surface area contributed by atoms with E-state index in [0.717, 1.165) is 31.2 Å². The first kappa shape index (κ1) is 43.4. The molecular weight excluding hydrogens is 775 g/mol. The molecule has 3 fully saturated rings. The Bertz CT molecular complexity index is 2150. The molecule has 3 aromatic rings. The number of hydrogen-bond donors (Lipinski definition) is 4. The Kier molecular flexibility index (Phi) is 13.2. The molecule has 3 aliphatic carbocycles. The lowest BCUT2D eigenvalue weighted by Gasteiger charge is -2.31. The smallest absolute Gasteiger partial charge is 0.408 e. The second-order valence-corrected chi connectivity index (χ2v) is 19.0. The van der Waals surface area contributed by atoms with Gasteiger partial charge in [-0.15, -0.1) is 6.58 Å². The summed E-state index contributed by atoms with van der Waals surface area (Å²) in [7, 11) is -2.29. The summed E-state index contributed by atoms with van der Waals surface area (Å²) in [5, 5.41) is 8.76. The second kappa shape index (κ2) is 18.0. The Morgan fingerprint density at radius 1 is 1.00 bits per heavy atom. The summed E-state index contributed by atoms with van der Waals surface area (Å²) in [5.41, 5.74) is -0.159. The summed E-state index contributed by atoms with van der Waals surface area (Å²) >= 11 is 0. The fourth-order valence-corrected chi connectivity index (χ4v) is 9.00. The van der Waals surface area contributed by atoms with Crippen LogP contribution < -0.4 is 30.1 Å². The van der Waals surface area contributed by atoms with Crippen LogP contribution in [0.2, 0.25) is 0 Å². The molecule has 2 aromatic carbocycles. The van der Waals surface area contributed by atoms with Gasteiger partial charge in [0.2, 0.25) is 15.9 Å². The largest absolute Gasteiger partial charge is 0.497 e. The van der Waals surface area contributed by atoms with Crippen molar-refractivity contribution in [3.8, 4) is 22.8 Å². The predicted octanol–water partition coefficient (Wildman–Crippen LogP) is 5.94. The van der Waals surface area contributed by atoms with Gasteiger partial charge in [0, 0.05) is 46.4 Å². The quantitative estimate of drug-likeness (QED) is 0.112. The molecule has 1 aromatic heterocycles.